The molecule has 0 rings (SSSR count). The van der Waals surface area contributed by atoms with E-state index in [1.165, 1.54) is 0 Å². The first-order valence-electron chi connectivity index (χ1n) is 3.31. The van der Waals surface area contributed by atoms with E-state index in [2.05, 4.69) is 4.74 Å². The summed E-state index contributed by atoms with van der Waals surface area (Å²) in [5.41, 5.74) is 0. The summed E-state index contributed by atoms with van der Waals surface area (Å²) < 4.78 is 25.5. The Hall–Kier alpha value is 0.260. The molecule has 0 aromatic heterocycles. The second-order valence-corrected chi connectivity index (χ2v) is 6.32. The standard InChI is InChI=1S/C4H12O7P2/c1-3(12(5,6)7)11-4(2)13(8,9)10/h3-4H,1-2H3,(H2,5,6,7)(H2,8,9,10). The fourth-order valence-electron chi connectivity index (χ4n) is 0.444. The zero-order valence-electron chi connectivity index (χ0n) is 7.06. The lowest BCUT2D eigenvalue weighted by molar-refractivity contribution is 0.0664. The van der Waals surface area contributed by atoms with E-state index in [1.807, 2.05) is 0 Å². The summed E-state index contributed by atoms with van der Waals surface area (Å²) >= 11 is 0. The Balaban J connectivity index is 4.32. The van der Waals surface area contributed by atoms with Gasteiger partial charge in [0.25, 0.3) is 0 Å². The third-order valence-corrected chi connectivity index (χ3v) is 3.48. The quantitative estimate of drug-likeness (QED) is 0.506. The normalized spacial score (nSPS) is 18.3. The first kappa shape index (κ1) is 13.3. The van der Waals surface area contributed by atoms with Crippen molar-refractivity contribution in [3.63, 3.8) is 0 Å². The molecule has 0 saturated heterocycles. The lowest BCUT2D eigenvalue weighted by atomic mass is 10.8. The summed E-state index contributed by atoms with van der Waals surface area (Å²) in [4.78, 5) is 34.1. The van der Waals surface area contributed by atoms with E-state index in [0.29, 0.717) is 0 Å². The number of hydrogen-bond donors (Lipinski definition) is 4. The summed E-state index contributed by atoms with van der Waals surface area (Å²) in [6.07, 6.45) is 0. The van der Waals surface area contributed by atoms with E-state index in [1.54, 1.807) is 0 Å². The number of ether oxygens (including phenoxy) is 1. The molecule has 0 radical (unpaired) electrons. The van der Waals surface area contributed by atoms with E-state index in [-0.39, 0.29) is 0 Å². The minimum Gasteiger partial charge on any atom is -0.350 e. The molecule has 2 atom stereocenters. The Kier molecular flexibility index (Phi) is 4.27. The largest absolute Gasteiger partial charge is 0.353 e. The SMILES string of the molecule is CC(OC(C)P(=O)(O)O)P(=O)(O)O. The van der Waals surface area contributed by atoms with Gasteiger partial charge in [0.15, 0.2) is 11.7 Å². The van der Waals surface area contributed by atoms with Gasteiger partial charge in [-0.1, -0.05) is 0 Å². The molecule has 0 saturated carbocycles. The van der Waals surface area contributed by atoms with Crippen molar-refractivity contribution in [2.75, 3.05) is 0 Å². The topological polar surface area (TPSA) is 124 Å². The summed E-state index contributed by atoms with van der Waals surface area (Å²) in [6.45, 7) is 2.10. The Bertz CT molecular complexity index is 225. The molecule has 0 amide bonds. The van der Waals surface area contributed by atoms with Gasteiger partial charge in [0.2, 0.25) is 0 Å². The minimum absolute atomic E-state index is 1.05. The second kappa shape index (κ2) is 4.19. The van der Waals surface area contributed by atoms with Crippen LogP contribution < -0.4 is 0 Å². The molecule has 0 fully saturated rings. The van der Waals surface area contributed by atoms with Crippen LogP contribution in [0.1, 0.15) is 13.8 Å². The van der Waals surface area contributed by atoms with Gasteiger partial charge in [0.1, 0.15) is 0 Å². The molecule has 0 aliphatic heterocycles. The van der Waals surface area contributed by atoms with E-state index in [4.69, 9.17) is 19.6 Å². The zero-order valence-corrected chi connectivity index (χ0v) is 8.85. The maximum Gasteiger partial charge on any atom is 0.353 e. The molecule has 0 heterocycles. The van der Waals surface area contributed by atoms with Crippen molar-refractivity contribution in [1.29, 1.82) is 0 Å². The molecule has 0 aromatic rings. The predicted octanol–water partition coefficient (Wildman–Crippen LogP) is 0.0504. The van der Waals surface area contributed by atoms with Crippen LogP contribution in [-0.4, -0.2) is 31.3 Å². The van der Waals surface area contributed by atoms with Crippen LogP contribution in [0.15, 0.2) is 0 Å². The van der Waals surface area contributed by atoms with Gasteiger partial charge in [-0.05, 0) is 13.8 Å². The Labute approximate surface area is 75.1 Å². The van der Waals surface area contributed by atoms with Crippen LogP contribution >= 0.6 is 15.2 Å². The highest BCUT2D eigenvalue weighted by Gasteiger charge is 2.33. The van der Waals surface area contributed by atoms with Gasteiger partial charge in [-0.3, -0.25) is 9.13 Å². The third-order valence-electron chi connectivity index (χ3n) is 1.34. The van der Waals surface area contributed by atoms with E-state index < -0.39 is 26.9 Å². The van der Waals surface area contributed by atoms with Gasteiger partial charge < -0.3 is 24.3 Å². The maximum absolute atomic E-state index is 10.5. The van der Waals surface area contributed by atoms with Gasteiger partial charge in [-0.2, -0.15) is 0 Å². The lowest BCUT2D eigenvalue weighted by Gasteiger charge is -2.20. The Morgan fingerprint density at radius 3 is 1.31 bits per heavy atom. The molecule has 0 bridgehead atoms. The fraction of sp³-hybridized carbons (Fsp3) is 1.00. The van der Waals surface area contributed by atoms with Crippen molar-refractivity contribution in [2.45, 2.75) is 25.5 Å². The van der Waals surface area contributed by atoms with Gasteiger partial charge >= 0.3 is 15.2 Å². The lowest BCUT2D eigenvalue weighted by Crippen LogP contribution is -2.17. The van der Waals surface area contributed by atoms with Gasteiger partial charge in [-0.15, -0.1) is 0 Å². The second-order valence-electron chi connectivity index (χ2n) is 2.51. The molecule has 0 aromatic carbocycles. The molecule has 0 spiro atoms. The Morgan fingerprint density at radius 1 is 0.923 bits per heavy atom. The van der Waals surface area contributed by atoms with Crippen molar-refractivity contribution in [2.24, 2.45) is 0 Å². The van der Waals surface area contributed by atoms with E-state index in [0.717, 1.165) is 13.8 Å². The molecular formula is C4H12O7P2. The molecule has 0 aliphatic rings. The third kappa shape index (κ3) is 4.88. The first-order chi connectivity index (χ1) is 5.55. The van der Waals surface area contributed by atoms with Crippen molar-refractivity contribution in [3.8, 4) is 0 Å². The average molecular weight is 234 g/mol. The summed E-state index contributed by atoms with van der Waals surface area (Å²) in [6, 6.07) is 0. The van der Waals surface area contributed by atoms with Crippen molar-refractivity contribution in [3.05, 3.63) is 0 Å². The van der Waals surface area contributed by atoms with Crippen LogP contribution in [0.2, 0.25) is 0 Å². The van der Waals surface area contributed by atoms with Crippen LogP contribution in [0.5, 0.6) is 0 Å². The van der Waals surface area contributed by atoms with E-state index >= 15 is 0 Å². The Morgan fingerprint density at radius 2 is 1.15 bits per heavy atom. The summed E-state index contributed by atoms with van der Waals surface area (Å²) in [5, 5.41) is 0. The van der Waals surface area contributed by atoms with Gasteiger partial charge in [0, 0.05) is 0 Å². The monoisotopic (exact) mass is 234 g/mol. The summed E-state index contributed by atoms with van der Waals surface area (Å²) in [7, 11) is -8.89. The zero-order chi connectivity index (χ0) is 10.9. The van der Waals surface area contributed by atoms with Crippen molar-refractivity contribution >= 4 is 15.2 Å². The molecular weight excluding hydrogens is 222 g/mol. The van der Waals surface area contributed by atoms with Crippen molar-refractivity contribution < 1.29 is 33.4 Å². The average Bonchev–Trinajstić information content (AvgIpc) is 1.82. The van der Waals surface area contributed by atoms with Crippen LogP contribution in [0.3, 0.4) is 0 Å². The van der Waals surface area contributed by atoms with Crippen molar-refractivity contribution in [1.82, 2.24) is 0 Å². The van der Waals surface area contributed by atoms with E-state index in [9.17, 15) is 9.13 Å². The first-order valence-corrected chi connectivity index (χ1v) is 6.67. The predicted molar refractivity (Wildman–Crippen MR) is 44.1 cm³/mol. The smallest absolute Gasteiger partial charge is 0.350 e. The highest BCUT2D eigenvalue weighted by atomic mass is 31.2. The molecule has 80 valence electrons. The molecule has 2 unspecified atom stereocenters. The van der Waals surface area contributed by atoms with Gasteiger partial charge in [-0.25, -0.2) is 0 Å². The molecule has 4 N–H and O–H groups in total. The molecule has 9 heteroatoms. The van der Waals surface area contributed by atoms with Crippen LogP contribution in [0.4, 0.5) is 0 Å². The van der Waals surface area contributed by atoms with Gasteiger partial charge in [0.05, 0.1) is 0 Å². The molecule has 13 heavy (non-hydrogen) atoms. The summed E-state index contributed by atoms with van der Waals surface area (Å²) in [5.74, 6) is -3.04. The highest BCUT2D eigenvalue weighted by molar-refractivity contribution is 7.53. The molecule has 7 nitrogen and oxygen atoms in total. The van der Waals surface area contributed by atoms with Crippen LogP contribution in [-0.2, 0) is 13.9 Å². The van der Waals surface area contributed by atoms with Crippen LogP contribution in [0.25, 0.3) is 0 Å². The minimum atomic E-state index is -4.45. The highest BCUT2D eigenvalue weighted by Crippen LogP contribution is 2.47. The van der Waals surface area contributed by atoms with Crippen LogP contribution in [0, 0.1) is 0 Å². The maximum atomic E-state index is 10.5. The fourth-order valence-corrected chi connectivity index (χ4v) is 1.22. The number of rotatable bonds is 4. The molecule has 0 aliphatic carbocycles. The number of hydrogen-bond acceptors (Lipinski definition) is 3.